The zero-order valence-corrected chi connectivity index (χ0v) is 18.4. The highest BCUT2D eigenvalue weighted by atomic mass is 16.6. The van der Waals surface area contributed by atoms with Crippen molar-refractivity contribution in [1.29, 1.82) is 0 Å². The Bertz CT molecular complexity index is 1330. The predicted octanol–water partition coefficient (Wildman–Crippen LogP) is 1.69. The smallest absolute Gasteiger partial charge is 0.294 e. The number of carbonyl (C=O) groups is 1. The van der Waals surface area contributed by atoms with E-state index < -0.39 is 5.91 Å². The van der Waals surface area contributed by atoms with Gasteiger partial charge in [0.15, 0.2) is 17.2 Å². The number of aromatic nitrogens is 5. The van der Waals surface area contributed by atoms with E-state index in [1.54, 1.807) is 0 Å². The lowest BCUT2D eigenvalue weighted by Gasteiger charge is -2.09. The molecule has 0 saturated carbocycles. The summed E-state index contributed by atoms with van der Waals surface area (Å²) in [5.74, 6) is -0.323. The molecule has 0 unspecified atom stereocenters. The maximum absolute atomic E-state index is 12.9. The topological polar surface area (TPSA) is 176 Å². The van der Waals surface area contributed by atoms with Gasteiger partial charge in [-0.3, -0.25) is 4.79 Å². The van der Waals surface area contributed by atoms with E-state index in [1.165, 1.54) is 37.2 Å². The number of aromatic hydroxyl groups is 1. The van der Waals surface area contributed by atoms with Crippen LogP contribution in [0, 0.1) is 6.92 Å². The molecule has 4 rings (SSSR count). The van der Waals surface area contributed by atoms with Crippen molar-refractivity contribution >= 4 is 17.9 Å². The quantitative estimate of drug-likeness (QED) is 0.269. The number of anilines is 1. The monoisotopic (exact) mass is 464 g/mol. The molecule has 0 atom stereocenters. The largest absolute Gasteiger partial charge is 0.502 e. The van der Waals surface area contributed by atoms with Crippen molar-refractivity contribution in [2.75, 3.05) is 20.0 Å². The van der Waals surface area contributed by atoms with E-state index in [1.807, 2.05) is 31.2 Å². The fourth-order valence-corrected chi connectivity index (χ4v) is 3.10. The fraction of sp³-hybridized carbons (Fsp3) is 0.143. The standard InChI is InChI=1S/C21H20N8O5/c1-11-4-6-13(7-5-11)17-16(24-28-29(17)20-19(22)26-34-27-20)21(31)25-23-10-12-8-14(32-2)18(30)15(9-12)33-3/h4-10,30H,1-3H3,(H2,22,26)(H,25,31)/b23-10-. The predicted molar refractivity (Wildman–Crippen MR) is 120 cm³/mol. The number of nitrogens with zero attached hydrogens (tertiary/aromatic N) is 6. The van der Waals surface area contributed by atoms with Gasteiger partial charge in [0.1, 0.15) is 5.69 Å². The Morgan fingerprint density at radius 3 is 2.44 bits per heavy atom. The first-order valence-corrected chi connectivity index (χ1v) is 9.82. The Morgan fingerprint density at radius 1 is 1.18 bits per heavy atom. The molecule has 0 fully saturated rings. The molecule has 0 radical (unpaired) electrons. The number of phenolic OH excluding ortho intramolecular Hbond substituents is 1. The Kier molecular flexibility index (Phi) is 6.07. The summed E-state index contributed by atoms with van der Waals surface area (Å²) in [6.07, 6.45) is 1.36. The van der Waals surface area contributed by atoms with E-state index in [2.05, 4.69) is 35.8 Å². The summed E-state index contributed by atoms with van der Waals surface area (Å²) in [5, 5.41) is 29.3. The lowest BCUT2D eigenvalue weighted by atomic mass is 10.1. The van der Waals surface area contributed by atoms with Gasteiger partial charge in [0.25, 0.3) is 5.91 Å². The van der Waals surface area contributed by atoms with Crippen LogP contribution in [0.1, 0.15) is 21.6 Å². The number of amides is 1. The van der Waals surface area contributed by atoms with Crippen molar-refractivity contribution in [3.8, 4) is 34.3 Å². The van der Waals surface area contributed by atoms with Crippen molar-refractivity contribution in [3.05, 3.63) is 53.2 Å². The summed E-state index contributed by atoms with van der Waals surface area (Å²) in [4.78, 5) is 12.9. The van der Waals surface area contributed by atoms with Crippen LogP contribution in [0.15, 0.2) is 46.1 Å². The fourth-order valence-electron chi connectivity index (χ4n) is 3.10. The van der Waals surface area contributed by atoms with Gasteiger partial charge in [-0.1, -0.05) is 35.0 Å². The summed E-state index contributed by atoms with van der Waals surface area (Å²) in [6.45, 7) is 1.94. The number of nitrogens with two attached hydrogens (primary N) is 1. The molecule has 13 nitrogen and oxygen atoms in total. The number of ether oxygens (including phenoxy) is 2. The van der Waals surface area contributed by atoms with E-state index in [0.717, 1.165) is 5.56 Å². The highest BCUT2D eigenvalue weighted by Crippen LogP contribution is 2.36. The van der Waals surface area contributed by atoms with Crippen molar-refractivity contribution in [2.24, 2.45) is 5.10 Å². The van der Waals surface area contributed by atoms with Gasteiger partial charge in [-0.2, -0.15) is 9.78 Å². The molecule has 0 aliphatic heterocycles. The van der Waals surface area contributed by atoms with Gasteiger partial charge in [-0.15, -0.1) is 5.10 Å². The third-order valence-corrected chi connectivity index (χ3v) is 4.79. The highest BCUT2D eigenvalue weighted by molar-refractivity contribution is 5.99. The minimum atomic E-state index is -0.634. The molecule has 1 amide bonds. The van der Waals surface area contributed by atoms with Crippen molar-refractivity contribution in [1.82, 2.24) is 30.7 Å². The van der Waals surface area contributed by atoms with Crippen molar-refractivity contribution < 1.29 is 24.0 Å². The van der Waals surface area contributed by atoms with Crippen LogP contribution in [0.25, 0.3) is 17.1 Å². The molecule has 174 valence electrons. The summed E-state index contributed by atoms with van der Waals surface area (Å²) in [5.41, 5.74) is 10.7. The van der Waals surface area contributed by atoms with Gasteiger partial charge in [0.05, 0.1) is 20.4 Å². The zero-order chi connectivity index (χ0) is 24.2. The summed E-state index contributed by atoms with van der Waals surface area (Å²) in [6, 6.07) is 10.4. The number of nitrogen functional groups attached to an aromatic ring is 1. The molecule has 13 heteroatoms. The second-order valence-corrected chi connectivity index (χ2v) is 7.01. The van der Waals surface area contributed by atoms with Gasteiger partial charge in [0, 0.05) is 11.1 Å². The minimum absolute atomic E-state index is 0.0153. The average Bonchev–Trinajstić information content (AvgIpc) is 3.46. The van der Waals surface area contributed by atoms with Gasteiger partial charge in [0.2, 0.25) is 17.4 Å². The SMILES string of the molecule is COc1cc(/C=N\NC(=O)c2nnn(-c3nonc3N)c2-c2ccc(C)cc2)cc(OC)c1O. The lowest BCUT2D eigenvalue weighted by molar-refractivity contribution is 0.0950. The molecule has 0 bridgehead atoms. The molecule has 0 aliphatic rings. The van der Waals surface area contributed by atoms with Crippen molar-refractivity contribution in [2.45, 2.75) is 6.92 Å². The Morgan fingerprint density at radius 2 is 1.85 bits per heavy atom. The van der Waals surface area contributed by atoms with E-state index in [4.69, 9.17) is 15.2 Å². The van der Waals surface area contributed by atoms with Crippen LogP contribution in [-0.2, 0) is 0 Å². The lowest BCUT2D eigenvalue weighted by Crippen LogP contribution is -2.19. The van der Waals surface area contributed by atoms with E-state index in [9.17, 15) is 9.90 Å². The molecule has 4 aromatic rings. The van der Waals surface area contributed by atoms with Crippen LogP contribution >= 0.6 is 0 Å². The third-order valence-electron chi connectivity index (χ3n) is 4.79. The molecule has 0 aliphatic carbocycles. The molecule has 2 aromatic heterocycles. The first-order chi connectivity index (χ1) is 16.4. The van der Waals surface area contributed by atoms with Crippen molar-refractivity contribution in [3.63, 3.8) is 0 Å². The van der Waals surface area contributed by atoms with Gasteiger partial charge in [-0.05, 0) is 29.4 Å². The van der Waals surface area contributed by atoms with Crippen LogP contribution in [0.5, 0.6) is 17.2 Å². The average molecular weight is 464 g/mol. The first-order valence-electron chi connectivity index (χ1n) is 9.82. The molecule has 0 saturated heterocycles. The normalized spacial score (nSPS) is 11.0. The Balaban J connectivity index is 1.66. The number of nitrogens with one attached hydrogen (secondary N) is 1. The minimum Gasteiger partial charge on any atom is -0.502 e. The number of methoxy groups -OCH3 is 2. The highest BCUT2D eigenvalue weighted by Gasteiger charge is 2.25. The number of hydrogen-bond acceptors (Lipinski definition) is 11. The second kappa shape index (κ2) is 9.28. The Hall–Kier alpha value is -4.94. The van der Waals surface area contributed by atoms with Gasteiger partial charge >= 0.3 is 0 Å². The summed E-state index contributed by atoms with van der Waals surface area (Å²) in [7, 11) is 2.81. The van der Waals surface area contributed by atoms with E-state index >= 15 is 0 Å². The molecule has 4 N–H and O–H groups in total. The third kappa shape index (κ3) is 4.21. The maximum Gasteiger partial charge on any atom is 0.294 e. The van der Waals surface area contributed by atoms with Crippen LogP contribution in [-0.4, -0.2) is 56.8 Å². The number of hydrazone groups is 1. The number of benzene rings is 2. The number of hydrogen-bond donors (Lipinski definition) is 3. The zero-order valence-electron chi connectivity index (χ0n) is 18.4. The number of aryl methyl sites for hydroxylation is 1. The number of phenols is 1. The second-order valence-electron chi connectivity index (χ2n) is 7.01. The van der Waals surface area contributed by atoms with E-state index in [0.29, 0.717) is 16.8 Å². The van der Waals surface area contributed by atoms with E-state index in [-0.39, 0.29) is 34.6 Å². The number of carbonyl (C=O) groups excluding carboxylic acids is 1. The van der Waals surface area contributed by atoms with Gasteiger partial charge < -0.3 is 20.3 Å². The Labute approximate surface area is 192 Å². The van der Waals surface area contributed by atoms with Crippen LogP contribution in [0.2, 0.25) is 0 Å². The summed E-state index contributed by atoms with van der Waals surface area (Å²) < 4.78 is 16.2. The van der Waals surface area contributed by atoms with Crippen LogP contribution < -0.4 is 20.6 Å². The molecule has 34 heavy (non-hydrogen) atoms. The van der Waals surface area contributed by atoms with Crippen LogP contribution in [0.3, 0.4) is 0 Å². The molecular weight excluding hydrogens is 444 g/mol. The summed E-state index contributed by atoms with van der Waals surface area (Å²) >= 11 is 0. The van der Waals surface area contributed by atoms with Crippen LogP contribution in [0.4, 0.5) is 5.82 Å². The molecular formula is C21H20N8O5. The first kappa shape index (κ1) is 22.3. The maximum atomic E-state index is 12.9. The molecule has 0 spiro atoms. The molecule has 2 aromatic carbocycles. The van der Waals surface area contributed by atoms with Gasteiger partial charge in [-0.25, -0.2) is 10.1 Å². The number of rotatable bonds is 7. The molecule has 2 heterocycles.